The van der Waals surface area contributed by atoms with Crippen molar-refractivity contribution in [3.05, 3.63) is 21.3 Å². The number of amides is 1. The number of carbonyl (C=O) groups is 1. The summed E-state index contributed by atoms with van der Waals surface area (Å²) < 4.78 is 0.621. The summed E-state index contributed by atoms with van der Waals surface area (Å²) in [6.07, 6.45) is 3.45. The zero-order chi connectivity index (χ0) is 14.5. The van der Waals surface area contributed by atoms with Gasteiger partial charge < -0.3 is 0 Å². The molecule has 2 aliphatic carbocycles. The van der Waals surface area contributed by atoms with Crippen LogP contribution in [0, 0.1) is 16.7 Å². The van der Waals surface area contributed by atoms with Crippen LogP contribution in [0.25, 0.3) is 0 Å². The number of halogens is 1. The fourth-order valence-corrected chi connectivity index (χ4v) is 4.64. The molecule has 1 amide bonds. The first-order chi connectivity index (χ1) is 9.34. The average Bonchev–Trinajstić information content (AvgIpc) is 2.97. The molecule has 1 aromatic heterocycles. The molecule has 1 N–H and O–H groups in total. The third-order valence-electron chi connectivity index (χ3n) is 5.60. The zero-order valence-electron chi connectivity index (χ0n) is 12.0. The molecule has 0 saturated heterocycles. The largest absolute Gasteiger partial charge is 0.281 e. The summed E-state index contributed by atoms with van der Waals surface area (Å²) in [7, 11) is 0. The average molecular weight is 311 g/mol. The Kier molecular flexibility index (Phi) is 3.22. The lowest BCUT2D eigenvalue weighted by Gasteiger charge is -2.34. The molecule has 2 bridgehead atoms. The fraction of sp³-hybridized carbons (Fsp3) is 0.600. The van der Waals surface area contributed by atoms with Gasteiger partial charge in [-0.1, -0.05) is 32.4 Å². The van der Waals surface area contributed by atoms with Crippen molar-refractivity contribution >= 4 is 34.6 Å². The quantitative estimate of drug-likeness (QED) is 0.811. The molecule has 5 heteroatoms. The number of hydrogen-bond donors (Lipinski definition) is 1. The van der Waals surface area contributed by atoms with Crippen molar-refractivity contribution in [1.29, 1.82) is 0 Å². The van der Waals surface area contributed by atoms with Crippen LogP contribution in [0.4, 0.5) is 0 Å². The van der Waals surface area contributed by atoms with E-state index in [0.29, 0.717) is 15.1 Å². The first kappa shape index (κ1) is 14.1. The summed E-state index contributed by atoms with van der Waals surface area (Å²) >= 11 is 7.12. The Morgan fingerprint density at radius 1 is 1.45 bits per heavy atom. The van der Waals surface area contributed by atoms with Crippen LogP contribution in [-0.2, 0) is 0 Å². The number of carbonyl (C=O) groups excluding carboxylic acids is 1. The molecule has 0 radical (unpaired) electrons. The summed E-state index contributed by atoms with van der Waals surface area (Å²) in [4.78, 5) is 12.6. The molecule has 108 valence electrons. The lowest BCUT2D eigenvalue weighted by Crippen LogP contribution is -2.34. The summed E-state index contributed by atoms with van der Waals surface area (Å²) in [5, 5.41) is 4.44. The van der Waals surface area contributed by atoms with Crippen LogP contribution < -0.4 is 5.43 Å². The molecule has 20 heavy (non-hydrogen) atoms. The highest BCUT2D eigenvalue weighted by Crippen LogP contribution is 2.63. The van der Waals surface area contributed by atoms with Crippen LogP contribution in [-0.4, -0.2) is 11.6 Å². The summed E-state index contributed by atoms with van der Waals surface area (Å²) in [6, 6.07) is 3.46. The summed E-state index contributed by atoms with van der Waals surface area (Å²) in [5.41, 5.74) is 4.25. The number of nitrogens with zero attached hydrogens (tertiary/aromatic N) is 1. The van der Waals surface area contributed by atoms with Crippen LogP contribution in [0.5, 0.6) is 0 Å². The van der Waals surface area contributed by atoms with E-state index in [-0.39, 0.29) is 16.7 Å². The maximum Gasteiger partial charge on any atom is 0.281 e. The highest BCUT2D eigenvalue weighted by Gasteiger charge is 2.59. The molecule has 2 fully saturated rings. The number of fused-ring (bicyclic) bond motifs is 2. The van der Waals surface area contributed by atoms with Crippen molar-refractivity contribution in [2.45, 2.75) is 40.0 Å². The lowest BCUT2D eigenvalue weighted by atomic mass is 9.70. The van der Waals surface area contributed by atoms with Crippen LogP contribution >= 0.6 is 22.9 Å². The monoisotopic (exact) mass is 310 g/mol. The summed E-state index contributed by atoms with van der Waals surface area (Å²) in [6.45, 7) is 6.94. The molecule has 2 atom stereocenters. The maximum atomic E-state index is 12.0. The second kappa shape index (κ2) is 4.57. The van der Waals surface area contributed by atoms with E-state index in [9.17, 15) is 4.79 Å². The van der Waals surface area contributed by atoms with E-state index in [0.717, 1.165) is 12.1 Å². The van der Waals surface area contributed by atoms with Gasteiger partial charge in [-0.25, -0.2) is 5.43 Å². The molecular formula is C15H19ClN2OS. The second-order valence-corrected chi connectivity index (χ2v) is 8.31. The van der Waals surface area contributed by atoms with Gasteiger partial charge in [0.25, 0.3) is 5.91 Å². The number of hydrazone groups is 1. The van der Waals surface area contributed by atoms with Crippen molar-refractivity contribution in [3.63, 3.8) is 0 Å². The molecule has 3 rings (SSSR count). The standard InChI is InChI=1S/C15H19ClN2OS/c1-14(2)9-6-7-15(14,3)11(8-9)17-18-13(19)10-4-5-12(16)20-10/h4-5,9H,6-8H2,1-3H3,(H,18,19)/b17-11+/t9-,15-/m1/s1. The van der Waals surface area contributed by atoms with E-state index in [1.54, 1.807) is 12.1 Å². The van der Waals surface area contributed by atoms with Crippen molar-refractivity contribution in [1.82, 2.24) is 5.43 Å². The third kappa shape index (κ3) is 1.92. The van der Waals surface area contributed by atoms with Crippen LogP contribution in [0.15, 0.2) is 17.2 Å². The van der Waals surface area contributed by atoms with E-state index < -0.39 is 0 Å². The molecule has 2 saturated carbocycles. The van der Waals surface area contributed by atoms with Crippen LogP contribution in [0.2, 0.25) is 4.34 Å². The minimum Gasteiger partial charge on any atom is -0.266 e. The SMILES string of the molecule is CC1(C)[C@@H]2CC[C@]1(C)/C(=N/NC(=O)c1ccc(Cl)s1)C2. The molecule has 0 unspecified atom stereocenters. The van der Waals surface area contributed by atoms with Gasteiger partial charge in [0.05, 0.1) is 9.21 Å². The van der Waals surface area contributed by atoms with Gasteiger partial charge in [-0.05, 0) is 42.7 Å². The number of nitrogens with one attached hydrogen (secondary N) is 1. The van der Waals surface area contributed by atoms with Gasteiger partial charge in [0, 0.05) is 11.1 Å². The Morgan fingerprint density at radius 3 is 2.70 bits per heavy atom. The number of hydrogen-bond acceptors (Lipinski definition) is 3. The number of thiophene rings is 1. The maximum absolute atomic E-state index is 12.0. The lowest BCUT2D eigenvalue weighted by molar-refractivity contribution is 0.0958. The van der Waals surface area contributed by atoms with E-state index in [2.05, 4.69) is 31.3 Å². The molecule has 0 aliphatic heterocycles. The Balaban J connectivity index is 1.77. The molecule has 0 spiro atoms. The van der Waals surface area contributed by atoms with E-state index in [4.69, 9.17) is 11.6 Å². The smallest absolute Gasteiger partial charge is 0.266 e. The molecule has 1 aromatic rings. The first-order valence-corrected chi connectivity index (χ1v) is 8.17. The van der Waals surface area contributed by atoms with Gasteiger partial charge in [-0.15, -0.1) is 11.3 Å². The predicted molar refractivity (Wildman–Crippen MR) is 83.5 cm³/mol. The Bertz CT molecular complexity index is 592. The number of rotatable bonds is 2. The van der Waals surface area contributed by atoms with Crippen LogP contribution in [0.1, 0.15) is 49.7 Å². The van der Waals surface area contributed by atoms with Crippen LogP contribution in [0.3, 0.4) is 0 Å². The predicted octanol–water partition coefficient (Wildman–Crippen LogP) is 4.33. The van der Waals surface area contributed by atoms with Gasteiger partial charge in [0.1, 0.15) is 0 Å². The molecular weight excluding hydrogens is 292 g/mol. The first-order valence-electron chi connectivity index (χ1n) is 6.97. The van der Waals surface area contributed by atoms with E-state index in [1.165, 1.54) is 24.2 Å². The topological polar surface area (TPSA) is 41.5 Å². The Morgan fingerprint density at radius 2 is 2.20 bits per heavy atom. The summed E-state index contributed by atoms with van der Waals surface area (Å²) in [5.74, 6) is 0.526. The Labute approximate surface area is 128 Å². The minimum absolute atomic E-state index is 0.123. The highest BCUT2D eigenvalue weighted by atomic mass is 35.5. The van der Waals surface area contributed by atoms with Gasteiger partial charge in [0.2, 0.25) is 0 Å². The molecule has 1 heterocycles. The van der Waals surface area contributed by atoms with Crippen molar-refractivity contribution in [2.75, 3.05) is 0 Å². The molecule has 0 aromatic carbocycles. The fourth-order valence-electron chi connectivity index (χ4n) is 3.71. The minimum atomic E-state index is -0.168. The molecule has 3 nitrogen and oxygen atoms in total. The van der Waals surface area contributed by atoms with Crippen molar-refractivity contribution in [2.24, 2.45) is 21.8 Å². The van der Waals surface area contributed by atoms with Gasteiger partial charge in [0.15, 0.2) is 0 Å². The normalized spacial score (nSPS) is 32.8. The second-order valence-electron chi connectivity index (χ2n) is 6.60. The van der Waals surface area contributed by atoms with Gasteiger partial charge >= 0.3 is 0 Å². The van der Waals surface area contributed by atoms with Gasteiger partial charge in [-0.2, -0.15) is 5.10 Å². The van der Waals surface area contributed by atoms with E-state index >= 15 is 0 Å². The zero-order valence-corrected chi connectivity index (χ0v) is 13.6. The Hall–Kier alpha value is -0.870. The van der Waals surface area contributed by atoms with Crippen molar-refractivity contribution in [3.8, 4) is 0 Å². The van der Waals surface area contributed by atoms with Gasteiger partial charge in [-0.3, -0.25) is 4.79 Å². The third-order valence-corrected chi connectivity index (χ3v) is 6.83. The molecule has 2 aliphatic rings. The highest BCUT2D eigenvalue weighted by molar-refractivity contribution is 7.17. The van der Waals surface area contributed by atoms with Crippen molar-refractivity contribution < 1.29 is 4.79 Å². The van der Waals surface area contributed by atoms with E-state index in [1.807, 2.05) is 0 Å².